The normalized spacial score (nSPS) is 26.3. The molecular weight excluding hydrogens is 456 g/mol. The second-order valence-corrected chi connectivity index (χ2v) is 10.4. The van der Waals surface area contributed by atoms with Crippen molar-refractivity contribution in [2.75, 3.05) is 32.0 Å². The first-order valence-corrected chi connectivity index (χ1v) is 13.1. The van der Waals surface area contributed by atoms with Gasteiger partial charge in [-0.2, -0.15) is 0 Å². The smallest absolute Gasteiger partial charge is 0.234 e. The van der Waals surface area contributed by atoms with E-state index in [9.17, 15) is 4.79 Å². The third-order valence-corrected chi connectivity index (χ3v) is 8.03. The van der Waals surface area contributed by atoms with Crippen LogP contribution in [0, 0.1) is 5.92 Å². The zero-order valence-electron chi connectivity index (χ0n) is 20.5. The molecule has 2 saturated heterocycles. The Balaban J connectivity index is 1.21. The Morgan fingerprint density at radius 1 is 1.19 bits per heavy atom. The number of benzene rings is 1. The molecule has 1 aliphatic carbocycles. The lowest BCUT2D eigenvalue weighted by Crippen LogP contribution is -2.44. The Bertz CT molecular complexity index is 1250. The summed E-state index contributed by atoms with van der Waals surface area (Å²) in [7, 11) is 0. The molecule has 1 saturated carbocycles. The fourth-order valence-corrected chi connectivity index (χ4v) is 6.10. The molecule has 1 unspecified atom stereocenters. The number of primary amides is 1. The van der Waals surface area contributed by atoms with E-state index in [1.54, 1.807) is 0 Å². The van der Waals surface area contributed by atoms with Gasteiger partial charge in [0.1, 0.15) is 30.1 Å². The molecule has 9 heteroatoms. The van der Waals surface area contributed by atoms with E-state index in [0.29, 0.717) is 24.4 Å². The monoisotopic (exact) mass is 490 g/mol. The van der Waals surface area contributed by atoms with E-state index in [1.807, 2.05) is 12.1 Å². The van der Waals surface area contributed by atoms with Gasteiger partial charge in [-0.05, 0) is 68.7 Å². The third kappa shape index (κ3) is 4.41. The minimum Gasteiger partial charge on any atom is -0.491 e. The van der Waals surface area contributed by atoms with Gasteiger partial charge in [0.25, 0.3) is 0 Å². The number of rotatable bonds is 8. The molecule has 0 spiro atoms. The zero-order valence-corrected chi connectivity index (χ0v) is 20.5. The minimum atomic E-state index is -0.196. The van der Waals surface area contributed by atoms with Gasteiger partial charge in [0.15, 0.2) is 0 Å². The second-order valence-electron chi connectivity index (χ2n) is 10.4. The summed E-state index contributed by atoms with van der Waals surface area (Å²) in [5.74, 6) is 1.65. The molecule has 2 atom stereocenters. The molecule has 6 rings (SSSR count). The molecule has 0 radical (unpaired) electrons. The Kier molecular flexibility index (Phi) is 6.27. The van der Waals surface area contributed by atoms with Crippen molar-refractivity contribution in [3.63, 3.8) is 0 Å². The van der Waals surface area contributed by atoms with Gasteiger partial charge in [-0.15, -0.1) is 0 Å². The van der Waals surface area contributed by atoms with Gasteiger partial charge in [-0.25, -0.2) is 9.97 Å². The van der Waals surface area contributed by atoms with E-state index in [4.69, 9.17) is 20.9 Å². The highest BCUT2D eigenvalue weighted by Gasteiger charge is 2.37. The summed E-state index contributed by atoms with van der Waals surface area (Å²) in [4.78, 5) is 22.9. The first-order chi connectivity index (χ1) is 17.6. The number of hydrogen-bond donors (Lipinski definition) is 2. The van der Waals surface area contributed by atoms with Gasteiger partial charge >= 0.3 is 0 Å². The molecule has 2 aliphatic heterocycles. The lowest BCUT2D eigenvalue weighted by Gasteiger charge is -2.39. The third-order valence-electron chi connectivity index (χ3n) is 8.03. The summed E-state index contributed by atoms with van der Waals surface area (Å²) in [6.45, 7) is 3.27. The van der Waals surface area contributed by atoms with Crippen LogP contribution in [0.5, 0.6) is 5.75 Å². The molecule has 3 aliphatic rings. The number of nitrogens with zero attached hydrogens (tertiary/aromatic N) is 4. The zero-order chi connectivity index (χ0) is 24.6. The van der Waals surface area contributed by atoms with Gasteiger partial charge in [0.2, 0.25) is 5.91 Å². The maximum atomic E-state index is 11.8. The van der Waals surface area contributed by atoms with Gasteiger partial charge in [0.05, 0.1) is 17.5 Å². The van der Waals surface area contributed by atoms with Crippen molar-refractivity contribution in [2.45, 2.75) is 56.7 Å². The van der Waals surface area contributed by atoms with Crippen LogP contribution >= 0.6 is 0 Å². The van der Waals surface area contributed by atoms with Crippen LogP contribution in [0.25, 0.3) is 22.2 Å². The number of ether oxygens (including phenoxy) is 2. The van der Waals surface area contributed by atoms with Crippen molar-refractivity contribution >= 4 is 22.8 Å². The average molecular weight is 491 g/mol. The fraction of sp³-hybridized carbons (Fsp3) is 0.519. The first-order valence-electron chi connectivity index (χ1n) is 13.1. The van der Waals surface area contributed by atoms with Crippen molar-refractivity contribution in [1.82, 2.24) is 19.4 Å². The summed E-state index contributed by atoms with van der Waals surface area (Å²) in [5, 5.41) is 0.880. The molecule has 0 bridgehead atoms. The number of nitrogen functional groups attached to an aromatic ring is 1. The van der Waals surface area contributed by atoms with Gasteiger partial charge in [-0.3, -0.25) is 9.69 Å². The van der Waals surface area contributed by atoms with Gasteiger partial charge in [0, 0.05) is 31.0 Å². The standard InChI is InChI=1S/C27H34N6O3/c28-25-24-22(18-4-1-5-20(12-18)36-15-21-6-3-9-35-21)14-33(27(24)31-16-30-25)19-10-17(11-19)13-32-8-2-7-23(32)26(29)34/h1,4-5,12,14,16-17,19,21,23H,2-3,6-11,13,15H2,(H2,29,34)(H2,28,30,31)/t17-,19+,21-,23?/m1/s1. The number of hydrogen-bond acceptors (Lipinski definition) is 7. The van der Waals surface area contributed by atoms with Crippen molar-refractivity contribution in [2.24, 2.45) is 11.7 Å². The predicted octanol–water partition coefficient (Wildman–Crippen LogP) is 3.14. The molecule has 1 aromatic carbocycles. The Morgan fingerprint density at radius 2 is 2.08 bits per heavy atom. The number of amides is 1. The van der Waals surface area contributed by atoms with Crippen LogP contribution in [-0.2, 0) is 9.53 Å². The Hall–Kier alpha value is -3.17. The van der Waals surface area contributed by atoms with Crippen LogP contribution in [0.15, 0.2) is 36.8 Å². The summed E-state index contributed by atoms with van der Waals surface area (Å²) in [5.41, 5.74) is 14.9. The summed E-state index contributed by atoms with van der Waals surface area (Å²) >= 11 is 0. The van der Waals surface area contributed by atoms with Crippen LogP contribution < -0.4 is 16.2 Å². The van der Waals surface area contributed by atoms with Gasteiger partial charge < -0.3 is 25.5 Å². The largest absolute Gasteiger partial charge is 0.491 e. The second kappa shape index (κ2) is 9.71. The van der Waals surface area contributed by atoms with Crippen molar-refractivity contribution in [3.8, 4) is 16.9 Å². The van der Waals surface area contributed by atoms with Crippen LogP contribution in [-0.4, -0.2) is 63.8 Å². The lowest BCUT2D eigenvalue weighted by atomic mass is 9.79. The van der Waals surface area contributed by atoms with E-state index in [2.05, 4.69) is 37.8 Å². The molecule has 9 nitrogen and oxygen atoms in total. The molecule has 4 N–H and O–H groups in total. The number of nitrogens with two attached hydrogens (primary N) is 2. The quantitative estimate of drug-likeness (QED) is 0.497. The Labute approximate surface area is 210 Å². The number of anilines is 1. The molecule has 3 aromatic rings. The fourth-order valence-electron chi connectivity index (χ4n) is 6.10. The summed E-state index contributed by atoms with van der Waals surface area (Å²) in [6, 6.07) is 8.35. The summed E-state index contributed by atoms with van der Waals surface area (Å²) < 4.78 is 14.0. The highest BCUT2D eigenvalue weighted by molar-refractivity contribution is 6.00. The number of aromatic nitrogens is 3. The molecule has 3 fully saturated rings. The van der Waals surface area contributed by atoms with E-state index in [-0.39, 0.29) is 18.1 Å². The highest BCUT2D eigenvalue weighted by Crippen LogP contribution is 2.44. The number of fused-ring (bicyclic) bond motifs is 1. The maximum Gasteiger partial charge on any atom is 0.234 e. The minimum absolute atomic E-state index is 0.106. The molecule has 2 aromatic heterocycles. The topological polar surface area (TPSA) is 122 Å². The van der Waals surface area contributed by atoms with E-state index < -0.39 is 0 Å². The Morgan fingerprint density at radius 3 is 2.89 bits per heavy atom. The molecular formula is C27H34N6O3. The lowest BCUT2D eigenvalue weighted by molar-refractivity contribution is -0.122. The first kappa shape index (κ1) is 23.2. The molecule has 4 heterocycles. The van der Waals surface area contributed by atoms with Crippen LogP contribution in [0.1, 0.15) is 44.6 Å². The van der Waals surface area contributed by atoms with Gasteiger partial charge in [-0.1, -0.05) is 12.1 Å². The number of carbonyl (C=O) groups is 1. The average Bonchev–Trinajstić information content (AvgIpc) is 3.60. The van der Waals surface area contributed by atoms with Crippen molar-refractivity contribution in [3.05, 3.63) is 36.8 Å². The molecule has 1 amide bonds. The molecule has 190 valence electrons. The SMILES string of the molecule is NC(=O)C1CCCN1C[C@H]1C[C@@H](n2cc(-c3cccc(OC[C@H]4CCCO4)c3)c3c(N)ncnc32)C1. The van der Waals surface area contributed by atoms with E-state index in [1.165, 1.54) is 6.33 Å². The number of carbonyl (C=O) groups excluding carboxylic acids is 1. The maximum absolute atomic E-state index is 11.8. The van der Waals surface area contributed by atoms with Crippen LogP contribution in [0.4, 0.5) is 5.82 Å². The van der Waals surface area contributed by atoms with Crippen LogP contribution in [0.2, 0.25) is 0 Å². The summed E-state index contributed by atoms with van der Waals surface area (Å²) in [6.07, 6.45) is 10.0. The van der Waals surface area contributed by atoms with E-state index >= 15 is 0 Å². The molecule has 36 heavy (non-hydrogen) atoms. The predicted molar refractivity (Wildman–Crippen MR) is 137 cm³/mol. The highest BCUT2D eigenvalue weighted by atomic mass is 16.5. The van der Waals surface area contributed by atoms with Crippen LogP contribution in [0.3, 0.4) is 0 Å². The van der Waals surface area contributed by atoms with E-state index in [0.717, 1.165) is 86.1 Å². The number of likely N-dealkylation sites (tertiary alicyclic amines) is 1. The van der Waals surface area contributed by atoms with Crippen molar-refractivity contribution < 1.29 is 14.3 Å². The van der Waals surface area contributed by atoms with Crippen molar-refractivity contribution in [1.29, 1.82) is 0 Å².